The first-order valence-corrected chi connectivity index (χ1v) is 10.7. The van der Waals surface area contributed by atoms with Gasteiger partial charge in [0.05, 0.1) is 11.8 Å². The Labute approximate surface area is 182 Å². The smallest absolute Gasteiger partial charge is 0.227 e. The molecule has 158 valence electrons. The molecule has 1 aliphatic heterocycles. The standard InChI is InChI=1S/C26H27N3O2/c27-25(31)26(17-21-9-4-10-22(15-21)23-11-5-13-28-18-23)12-6-14-29(19-26)24(30)16-20-7-2-1-3-8-20/h1-5,7-11,13,15,18H,6,12,14,16-17,19H2,(H2,27,31)/t26-/m0/s1. The first-order valence-electron chi connectivity index (χ1n) is 10.7. The summed E-state index contributed by atoms with van der Waals surface area (Å²) in [7, 11) is 0. The summed E-state index contributed by atoms with van der Waals surface area (Å²) >= 11 is 0. The number of hydrogen-bond donors (Lipinski definition) is 1. The normalized spacial score (nSPS) is 18.5. The van der Waals surface area contributed by atoms with Crippen LogP contribution in [0.3, 0.4) is 0 Å². The van der Waals surface area contributed by atoms with Crippen molar-refractivity contribution < 1.29 is 9.59 Å². The predicted octanol–water partition coefficient (Wildman–Crippen LogP) is 3.63. The quantitative estimate of drug-likeness (QED) is 0.670. The highest BCUT2D eigenvalue weighted by Gasteiger charge is 2.42. The van der Waals surface area contributed by atoms with Crippen molar-refractivity contribution in [1.29, 1.82) is 0 Å². The molecule has 2 amide bonds. The minimum atomic E-state index is -0.752. The van der Waals surface area contributed by atoms with Crippen molar-refractivity contribution in [2.75, 3.05) is 13.1 Å². The van der Waals surface area contributed by atoms with E-state index in [1.54, 1.807) is 6.20 Å². The maximum atomic E-state index is 12.9. The third kappa shape index (κ3) is 4.82. The molecule has 1 saturated heterocycles. The van der Waals surface area contributed by atoms with Gasteiger partial charge >= 0.3 is 0 Å². The van der Waals surface area contributed by atoms with E-state index in [0.29, 0.717) is 32.4 Å². The number of piperidine rings is 1. The van der Waals surface area contributed by atoms with Crippen LogP contribution >= 0.6 is 0 Å². The summed E-state index contributed by atoms with van der Waals surface area (Å²) in [5, 5.41) is 0. The molecule has 0 radical (unpaired) electrons. The number of likely N-dealkylation sites (tertiary alicyclic amines) is 1. The number of aromatic nitrogens is 1. The molecule has 2 heterocycles. The summed E-state index contributed by atoms with van der Waals surface area (Å²) in [5.41, 5.74) is 9.28. The number of carbonyl (C=O) groups excluding carboxylic acids is 2. The Kier molecular flexibility index (Phi) is 6.12. The van der Waals surface area contributed by atoms with Crippen LogP contribution in [0.1, 0.15) is 24.0 Å². The molecule has 0 unspecified atom stereocenters. The van der Waals surface area contributed by atoms with Gasteiger partial charge in [-0.05, 0) is 47.6 Å². The maximum Gasteiger partial charge on any atom is 0.227 e. The number of pyridine rings is 1. The Morgan fingerprint density at radius 2 is 1.74 bits per heavy atom. The van der Waals surface area contributed by atoms with Crippen LogP contribution in [-0.4, -0.2) is 34.8 Å². The van der Waals surface area contributed by atoms with Gasteiger partial charge in [0.25, 0.3) is 0 Å². The molecule has 0 saturated carbocycles. The first-order chi connectivity index (χ1) is 15.1. The zero-order valence-electron chi connectivity index (χ0n) is 17.5. The van der Waals surface area contributed by atoms with Crippen LogP contribution < -0.4 is 5.73 Å². The minimum Gasteiger partial charge on any atom is -0.369 e. The van der Waals surface area contributed by atoms with E-state index in [0.717, 1.165) is 28.7 Å². The van der Waals surface area contributed by atoms with Crippen LogP contribution in [0.2, 0.25) is 0 Å². The number of rotatable bonds is 6. The van der Waals surface area contributed by atoms with Gasteiger partial charge in [0, 0.05) is 25.5 Å². The first kappa shape index (κ1) is 20.8. The van der Waals surface area contributed by atoms with E-state index in [1.807, 2.05) is 71.8 Å². The molecule has 0 bridgehead atoms. The van der Waals surface area contributed by atoms with Crippen LogP contribution in [0.15, 0.2) is 79.1 Å². The van der Waals surface area contributed by atoms with Crippen molar-refractivity contribution in [3.63, 3.8) is 0 Å². The SMILES string of the molecule is NC(=O)[C@]1(Cc2cccc(-c3cccnc3)c2)CCCN(C(=O)Cc2ccccc2)C1. The van der Waals surface area contributed by atoms with E-state index in [9.17, 15) is 9.59 Å². The Morgan fingerprint density at radius 3 is 2.48 bits per heavy atom. The summed E-state index contributed by atoms with van der Waals surface area (Å²) < 4.78 is 0. The minimum absolute atomic E-state index is 0.0423. The van der Waals surface area contributed by atoms with E-state index in [1.165, 1.54) is 0 Å². The second-order valence-corrected chi connectivity index (χ2v) is 8.34. The third-order valence-electron chi connectivity index (χ3n) is 6.11. The largest absolute Gasteiger partial charge is 0.369 e. The molecule has 4 rings (SSSR count). The summed E-state index contributed by atoms with van der Waals surface area (Å²) in [4.78, 5) is 31.6. The second kappa shape index (κ2) is 9.13. The number of carbonyl (C=O) groups is 2. The van der Waals surface area contributed by atoms with Crippen molar-refractivity contribution in [3.05, 3.63) is 90.3 Å². The fourth-order valence-corrected chi connectivity index (χ4v) is 4.44. The molecule has 1 aliphatic rings. The summed E-state index contributed by atoms with van der Waals surface area (Å²) in [6, 6.07) is 21.8. The van der Waals surface area contributed by atoms with Gasteiger partial charge in [-0.2, -0.15) is 0 Å². The van der Waals surface area contributed by atoms with Crippen LogP contribution in [0.25, 0.3) is 11.1 Å². The van der Waals surface area contributed by atoms with Crippen molar-refractivity contribution in [2.45, 2.75) is 25.7 Å². The highest BCUT2D eigenvalue weighted by Crippen LogP contribution is 2.35. The number of hydrogen-bond acceptors (Lipinski definition) is 3. The summed E-state index contributed by atoms with van der Waals surface area (Å²) in [5.74, 6) is -0.294. The van der Waals surface area contributed by atoms with E-state index in [2.05, 4.69) is 11.1 Å². The highest BCUT2D eigenvalue weighted by atomic mass is 16.2. The Hall–Kier alpha value is -3.47. The lowest BCUT2D eigenvalue weighted by atomic mass is 9.74. The molecule has 2 aromatic carbocycles. The molecule has 1 fully saturated rings. The van der Waals surface area contributed by atoms with Crippen LogP contribution in [-0.2, 0) is 22.4 Å². The number of primary amides is 1. The number of benzene rings is 2. The Morgan fingerprint density at radius 1 is 0.968 bits per heavy atom. The second-order valence-electron chi connectivity index (χ2n) is 8.34. The molecular formula is C26H27N3O2. The van der Waals surface area contributed by atoms with Crippen LogP contribution in [0.5, 0.6) is 0 Å². The third-order valence-corrected chi connectivity index (χ3v) is 6.11. The topological polar surface area (TPSA) is 76.3 Å². The molecule has 5 nitrogen and oxygen atoms in total. The lowest BCUT2D eigenvalue weighted by Crippen LogP contribution is -2.53. The molecule has 2 N–H and O–H groups in total. The molecule has 0 spiro atoms. The maximum absolute atomic E-state index is 12.9. The fourth-order valence-electron chi connectivity index (χ4n) is 4.44. The van der Waals surface area contributed by atoms with Gasteiger partial charge in [0.1, 0.15) is 0 Å². The average molecular weight is 414 g/mol. The van der Waals surface area contributed by atoms with Gasteiger partial charge in [0.2, 0.25) is 11.8 Å². The van der Waals surface area contributed by atoms with E-state index >= 15 is 0 Å². The van der Waals surface area contributed by atoms with Gasteiger partial charge in [-0.1, -0.05) is 60.7 Å². The summed E-state index contributed by atoms with van der Waals surface area (Å²) in [6.07, 6.45) is 5.89. The van der Waals surface area contributed by atoms with E-state index in [-0.39, 0.29) is 11.8 Å². The van der Waals surface area contributed by atoms with Crippen molar-refractivity contribution >= 4 is 11.8 Å². The Balaban J connectivity index is 1.53. The molecule has 5 heteroatoms. The predicted molar refractivity (Wildman–Crippen MR) is 121 cm³/mol. The van der Waals surface area contributed by atoms with E-state index < -0.39 is 5.41 Å². The van der Waals surface area contributed by atoms with Crippen molar-refractivity contribution in [2.24, 2.45) is 11.1 Å². The van der Waals surface area contributed by atoms with Gasteiger partial charge in [-0.3, -0.25) is 14.6 Å². The van der Waals surface area contributed by atoms with Crippen molar-refractivity contribution in [1.82, 2.24) is 9.88 Å². The zero-order valence-corrected chi connectivity index (χ0v) is 17.5. The van der Waals surface area contributed by atoms with E-state index in [4.69, 9.17) is 5.73 Å². The number of amides is 2. The van der Waals surface area contributed by atoms with Gasteiger partial charge in [-0.15, -0.1) is 0 Å². The summed E-state index contributed by atoms with van der Waals surface area (Å²) in [6.45, 7) is 1.03. The van der Waals surface area contributed by atoms with Crippen molar-refractivity contribution in [3.8, 4) is 11.1 Å². The zero-order chi connectivity index (χ0) is 21.7. The van der Waals surface area contributed by atoms with Gasteiger partial charge in [0.15, 0.2) is 0 Å². The molecule has 3 aromatic rings. The molecule has 31 heavy (non-hydrogen) atoms. The Bertz CT molecular complexity index is 1050. The van der Waals surface area contributed by atoms with Gasteiger partial charge < -0.3 is 10.6 Å². The average Bonchev–Trinajstić information content (AvgIpc) is 2.80. The van der Waals surface area contributed by atoms with Crippen LogP contribution in [0, 0.1) is 5.41 Å². The molecule has 0 aliphatic carbocycles. The van der Waals surface area contributed by atoms with Crippen LogP contribution in [0.4, 0.5) is 0 Å². The molecular weight excluding hydrogens is 386 g/mol. The van der Waals surface area contributed by atoms with Gasteiger partial charge in [-0.25, -0.2) is 0 Å². The monoisotopic (exact) mass is 413 g/mol. The lowest BCUT2D eigenvalue weighted by Gasteiger charge is -2.41. The lowest BCUT2D eigenvalue weighted by molar-refractivity contribution is -0.139. The number of nitrogens with zero attached hydrogens (tertiary/aromatic N) is 2. The number of nitrogens with two attached hydrogens (primary N) is 1. The fraction of sp³-hybridized carbons (Fsp3) is 0.269. The highest BCUT2D eigenvalue weighted by molar-refractivity contribution is 5.84. The molecule has 1 atom stereocenters. The molecule has 1 aromatic heterocycles.